The van der Waals surface area contributed by atoms with E-state index in [0.717, 1.165) is 58.3 Å². The van der Waals surface area contributed by atoms with E-state index >= 15 is 0 Å². The van der Waals surface area contributed by atoms with Gasteiger partial charge in [-0.05, 0) is 69.6 Å². The second-order valence-corrected chi connectivity index (χ2v) is 11.4. The first-order valence-corrected chi connectivity index (χ1v) is 14.6. The molecule has 3 aliphatic rings. The first-order valence-electron chi connectivity index (χ1n) is 14.6. The van der Waals surface area contributed by atoms with Gasteiger partial charge in [0.15, 0.2) is 11.5 Å². The number of benzene rings is 1. The van der Waals surface area contributed by atoms with Crippen LogP contribution in [0.5, 0.6) is 11.5 Å². The summed E-state index contributed by atoms with van der Waals surface area (Å²) in [5.74, 6) is 1.98. The van der Waals surface area contributed by atoms with Gasteiger partial charge in [-0.2, -0.15) is 0 Å². The summed E-state index contributed by atoms with van der Waals surface area (Å²) in [7, 11) is 3.27. The summed E-state index contributed by atoms with van der Waals surface area (Å²) in [6.45, 7) is 9.62. The number of hydrogen-bond donors (Lipinski definition) is 1. The van der Waals surface area contributed by atoms with Crippen molar-refractivity contribution in [3.8, 4) is 11.5 Å². The van der Waals surface area contributed by atoms with Crippen molar-refractivity contribution in [2.24, 2.45) is 17.8 Å². The third kappa shape index (κ3) is 7.86. The maximum atomic E-state index is 13.8. The van der Waals surface area contributed by atoms with Crippen LogP contribution in [0.3, 0.4) is 0 Å². The first-order chi connectivity index (χ1) is 18.9. The summed E-state index contributed by atoms with van der Waals surface area (Å²) in [5, 5.41) is 3.54. The van der Waals surface area contributed by atoms with Crippen LogP contribution in [0.4, 0.5) is 0 Å². The quantitative estimate of drug-likeness (QED) is 0.359. The zero-order chi connectivity index (χ0) is 27.8. The Morgan fingerprint density at radius 2 is 1.82 bits per heavy atom. The Morgan fingerprint density at radius 3 is 2.46 bits per heavy atom. The van der Waals surface area contributed by atoms with Crippen LogP contribution in [0.15, 0.2) is 18.2 Å². The van der Waals surface area contributed by atoms with E-state index in [2.05, 4.69) is 24.1 Å². The van der Waals surface area contributed by atoms with Crippen molar-refractivity contribution < 1.29 is 28.5 Å². The number of carbonyl (C=O) groups is 2. The Labute approximate surface area is 233 Å². The predicted molar refractivity (Wildman–Crippen MR) is 149 cm³/mol. The van der Waals surface area contributed by atoms with E-state index in [9.17, 15) is 9.59 Å². The van der Waals surface area contributed by atoms with E-state index in [4.69, 9.17) is 18.9 Å². The van der Waals surface area contributed by atoms with E-state index in [-0.39, 0.29) is 29.7 Å². The number of nitrogens with one attached hydrogen (secondary N) is 1. The lowest BCUT2D eigenvalue weighted by molar-refractivity contribution is -0.141. The zero-order valence-electron chi connectivity index (χ0n) is 24.2. The first kappa shape index (κ1) is 29.6. The highest BCUT2D eigenvalue weighted by Gasteiger charge is 2.40. The number of ether oxygens (including phenoxy) is 4. The summed E-state index contributed by atoms with van der Waals surface area (Å²) in [4.78, 5) is 31.3. The Bertz CT molecular complexity index is 947. The molecule has 3 atom stereocenters. The summed E-state index contributed by atoms with van der Waals surface area (Å²) in [5.41, 5.74) is 0.584. The SMILES string of the molecule is COCCCOc1cc(C(=O)N(C[C@@H]2CNC[C@H]2CN(C(=O)C2CCCOC2)C2CC2)C(C)C)ccc1OC. The van der Waals surface area contributed by atoms with Crippen LogP contribution in [0.2, 0.25) is 0 Å². The molecule has 9 heteroatoms. The molecule has 3 fully saturated rings. The Morgan fingerprint density at radius 1 is 1.05 bits per heavy atom. The molecule has 0 spiro atoms. The zero-order valence-corrected chi connectivity index (χ0v) is 24.2. The molecule has 1 N–H and O–H groups in total. The van der Waals surface area contributed by atoms with Gasteiger partial charge in [-0.25, -0.2) is 0 Å². The van der Waals surface area contributed by atoms with Gasteiger partial charge in [0.1, 0.15) is 0 Å². The molecule has 1 aliphatic carbocycles. The van der Waals surface area contributed by atoms with Gasteiger partial charge in [-0.3, -0.25) is 9.59 Å². The van der Waals surface area contributed by atoms with E-state index in [1.807, 2.05) is 11.0 Å². The van der Waals surface area contributed by atoms with Crippen LogP contribution in [0.25, 0.3) is 0 Å². The molecule has 1 unspecified atom stereocenters. The topological polar surface area (TPSA) is 89.6 Å². The van der Waals surface area contributed by atoms with Crippen LogP contribution < -0.4 is 14.8 Å². The smallest absolute Gasteiger partial charge is 0.254 e. The maximum Gasteiger partial charge on any atom is 0.254 e. The van der Waals surface area contributed by atoms with Gasteiger partial charge in [-0.15, -0.1) is 0 Å². The molecule has 0 aromatic heterocycles. The molecule has 9 nitrogen and oxygen atoms in total. The average molecular weight is 546 g/mol. The molecule has 2 aliphatic heterocycles. The highest BCUT2D eigenvalue weighted by molar-refractivity contribution is 5.95. The summed E-state index contributed by atoms with van der Waals surface area (Å²) >= 11 is 0. The van der Waals surface area contributed by atoms with Gasteiger partial charge in [0, 0.05) is 70.6 Å². The average Bonchev–Trinajstić information content (AvgIpc) is 3.70. The Kier molecular flexibility index (Phi) is 10.9. The van der Waals surface area contributed by atoms with Gasteiger partial charge in [0.05, 0.1) is 26.2 Å². The number of amides is 2. The molecule has 1 aromatic rings. The minimum absolute atomic E-state index is 0.0121. The highest BCUT2D eigenvalue weighted by atomic mass is 16.5. The van der Waals surface area contributed by atoms with Crippen molar-refractivity contribution in [1.29, 1.82) is 0 Å². The van der Waals surface area contributed by atoms with Crippen LogP contribution in [-0.4, -0.2) is 101 Å². The highest BCUT2D eigenvalue weighted by Crippen LogP contribution is 2.33. The molecule has 1 aromatic carbocycles. The van der Waals surface area contributed by atoms with E-state index < -0.39 is 0 Å². The third-order valence-corrected chi connectivity index (χ3v) is 8.17. The minimum Gasteiger partial charge on any atom is -0.493 e. The van der Waals surface area contributed by atoms with Crippen molar-refractivity contribution >= 4 is 11.8 Å². The molecule has 0 bridgehead atoms. The standard InChI is InChI=1S/C30H47N3O6/c1-21(2)32(29(34)22-8-11-27(37-4)28(15-22)39-14-6-12-36-3)18-24-16-31-17-25(24)19-33(26-9-10-26)30(35)23-7-5-13-38-20-23/h8,11,15,21,23-26,31H,5-7,9-10,12-14,16-20H2,1-4H3/t23?,24-,25-/m0/s1. The lowest BCUT2D eigenvalue weighted by atomic mass is 9.92. The van der Waals surface area contributed by atoms with Crippen molar-refractivity contribution in [1.82, 2.24) is 15.1 Å². The minimum atomic E-state index is -0.0190. The Balaban J connectivity index is 1.43. The van der Waals surface area contributed by atoms with Crippen LogP contribution in [0.1, 0.15) is 56.3 Å². The molecule has 2 heterocycles. The summed E-state index contributed by atoms with van der Waals surface area (Å²) in [6.07, 6.45) is 4.81. The Hall–Kier alpha value is -2.36. The fraction of sp³-hybridized carbons (Fsp3) is 0.733. The van der Waals surface area contributed by atoms with E-state index in [1.165, 1.54) is 0 Å². The number of hydrogen-bond acceptors (Lipinski definition) is 7. The molecule has 4 rings (SSSR count). The largest absolute Gasteiger partial charge is 0.493 e. The fourth-order valence-electron chi connectivity index (χ4n) is 5.70. The summed E-state index contributed by atoms with van der Waals surface area (Å²) in [6, 6.07) is 5.79. The number of nitrogens with zero attached hydrogens (tertiary/aromatic N) is 2. The van der Waals surface area contributed by atoms with Crippen molar-refractivity contribution in [3.63, 3.8) is 0 Å². The molecular formula is C30H47N3O6. The van der Waals surface area contributed by atoms with E-state index in [1.54, 1.807) is 26.4 Å². The normalized spacial score (nSPS) is 23.1. The van der Waals surface area contributed by atoms with Gasteiger partial charge < -0.3 is 34.1 Å². The second kappa shape index (κ2) is 14.3. The predicted octanol–water partition coefficient (Wildman–Crippen LogP) is 3.21. The molecule has 1 saturated carbocycles. The molecule has 2 amide bonds. The molecular weight excluding hydrogens is 498 g/mol. The van der Waals surface area contributed by atoms with Gasteiger partial charge >= 0.3 is 0 Å². The van der Waals surface area contributed by atoms with E-state index in [0.29, 0.717) is 55.4 Å². The number of methoxy groups -OCH3 is 2. The monoisotopic (exact) mass is 545 g/mol. The van der Waals surface area contributed by atoms with Gasteiger partial charge in [-0.1, -0.05) is 0 Å². The van der Waals surface area contributed by atoms with Crippen molar-refractivity contribution in [2.45, 2.75) is 58.0 Å². The van der Waals surface area contributed by atoms with Crippen LogP contribution in [0, 0.1) is 17.8 Å². The van der Waals surface area contributed by atoms with Crippen molar-refractivity contribution in [2.75, 3.05) is 66.8 Å². The van der Waals surface area contributed by atoms with Crippen molar-refractivity contribution in [3.05, 3.63) is 23.8 Å². The molecule has 2 saturated heterocycles. The lowest BCUT2D eigenvalue weighted by Crippen LogP contribution is -2.46. The maximum absolute atomic E-state index is 13.8. The summed E-state index contributed by atoms with van der Waals surface area (Å²) < 4.78 is 22.1. The van der Waals surface area contributed by atoms with Crippen LogP contribution in [-0.2, 0) is 14.3 Å². The molecule has 218 valence electrons. The number of carbonyl (C=O) groups excluding carboxylic acids is 2. The second-order valence-electron chi connectivity index (χ2n) is 11.4. The van der Waals surface area contributed by atoms with Gasteiger partial charge in [0.2, 0.25) is 5.91 Å². The third-order valence-electron chi connectivity index (χ3n) is 8.17. The molecule has 0 radical (unpaired) electrons. The van der Waals surface area contributed by atoms with Gasteiger partial charge in [0.25, 0.3) is 5.91 Å². The lowest BCUT2D eigenvalue weighted by Gasteiger charge is -2.35. The fourth-order valence-corrected chi connectivity index (χ4v) is 5.70. The van der Waals surface area contributed by atoms with Crippen LogP contribution >= 0.6 is 0 Å². The molecule has 39 heavy (non-hydrogen) atoms. The number of rotatable bonds is 14.